The van der Waals surface area contributed by atoms with Crippen LogP contribution in [0, 0.1) is 10.1 Å². The fourth-order valence-electron chi connectivity index (χ4n) is 2.74. The fraction of sp³-hybridized carbons (Fsp3) is 0.333. The Bertz CT molecular complexity index is 1010. The summed E-state index contributed by atoms with van der Waals surface area (Å²) in [6.45, 7) is 0.172. The third-order valence-corrected chi connectivity index (χ3v) is 5.87. The topological polar surface area (TPSA) is 102 Å². The normalized spacial score (nSPS) is 13.2. The van der Waals surface area contributed by atoms with Gasteiger partial charge in [0, 0.05) is 12.6 Å². The number of hydrogen-bond acceptors (Lipinski definition) is 7. The number of sulfone groups is 1. The van der Waals surface area contributed by atoms with Gasteiger partial charge in [-0.05, 0) is 43.9 Å². The Morgan fingerprint density at radius 2 is 1.77 bits per heavy atom. The monoisotopic (exact) mass is 447 g/mol. The van der Waals surface area contributed by atoms with E-state index in [4.69, 9.17) is 4.74 Å². The summed E-state index contributed by atoms with van der Waals surface area (Å²) in [4.78, 5) is 11.1. The van der Waals surface area contributed by atoms with Gasteiger partial charge in [0.15, 0.2) is 0 Å². The Labute approximate surface area is 171 Å². The molecule has 0 spiro atoms. The summed E-state index contributed by atoms with van der Waals surface area (Å²) < 4.78 is 66.5. The maximum atomic E-state index is 12.7. The highest BCUT2D eigenvalue weighted by molar-refractivity contribution is 7.92. The van der Waals surface area contributed by atoms with Crippen molar-refractivity contribution in [2.24, 2.45) is 0 Å². The molecule has 30 heavy (non-hydrogen) atoms. The van der Waals surface area contributed by atoms with E-state index in [9.17, 15) is 31.7 Å². The molecular formula is C18H20F3N3O5S. The van der Waals surface area contributed by atoms with E-state index in [1.807, 2.05) is 17.0 Å². The summed E-state index contributed by atoms with van der Waals surface area (Å²) in [5, 5.41) is 14.2. The standard InChI is InChI=1S/C18H20F3N3O5S/c1-23(2)17(12-4-6-13(29-3)7-5-12)11-22-15-9-8-14(10-16(15)24(25)26)30(27,28)18(19,20)21/h4-10,17,22H,11H2,1-3H3/t17-/m1/s1. The first-order valence-corrected chi connectivity index (χ1v) is 10.0. The molecule has 1 N–H and O–H groups in total. The van der Waals surface area contributed by atoms with Crippen LogP contribution in [-0.2, 0) is 9.84 Å². The number of hydrogen-bond donors (Lipinski definition) is 1. The highest BCUT2D eigenvalue weighted by Crippen LogP contribution is 2.35. The minimum atomic E-state index is -5.70. The fourth-order valence-corrected chi connectivity index (χ4v) is 3.53. The molecule has 0 heterocycles. The lowest BCUT2D eigenvalue weighted by Crippen LogP contribution is -2.27. The predicted molar refractivity (Wildman–Crippen MR) is 104 cm³/mol. The number of methoxy groups -OCH3 is 1. The van der Waals surface area contributed by atoms with Crippen molar-refractivity contribution in [3.63, 3.8) is 0 Å². The van der Waals surface area contributed by atoms with E-state index in [1.54, 1.807) is 26.2 Å². The van der Waals surface area contributed by atoms with Crippen molar-refractivity contribution < 1.29 is 31.2 Å². The average Bonchev–Trinajstić information content (AvgIpc) is 2.67. The summed E-state index contributed by atoms with van der Waals surface area (Å²) >= 11 is 0. The summed E-state index contributed by atoms with van der Waals surface area (Å²) in [7, 11) is -0.575. The van der Waals surface area contributed by atoms with Gasteiger partial charge in [0.1, 0.15) is 11.4 Å². The smallest absolute Gasteiger partial charge is 0.497 e. The lowest BCUT2D eigenvalue weighted by molar-refractivity contribution is -0.384. The van der Waals surface area contributed by atoms with Gasteiger partial charge in [0.05, 0.1) is 23.0 Å². The van der Waals surface area contributed by atoms with Crippen LogP contribution in [0.15, 0.2) is 47.4 Å². The molecule has 2 rings (SSSR count). The Morgan fingerprint density at radius 3 is 2.23 bits per heavy atom. The van der Waals surface area contributed by atoms with Crippen molar-refractivity contribution in [2.45, 2.75) is 16.4 Å². The van der Waals surface area contributed by atoms with Gasteiger partial charge in [0.25, 0.3) is 15.5 Å². The molecule has 1 atom stereocenters. The Balaban J connectivity index is 2.33. The second-order valence-corrected chi connectivity index (χ2v) is 8.46. The zero-order valence-electron chi connectivity index (χ0n) is 16.3. The Hall–Kier alpha value is -2.86. The van der Waals surface area contributed by atoms with Crippen LogP contribution in [0.3, 0.4) is 0 Å². The molecule has 164 valence electrons. The minimum Gasteiger partial charge on any atom is -0.497 e. The zero-order chi connectivity index (χ0) is 22.7. The average molecular weight is 447 g/mol. The first kappa shape index (κ1) is 23.4. The van der Waals surface area contributed by atoms with Gasteiger partial charge in [-0.1, -0.05) is 12.1 Å². The highest BCUT2D eigenvalue weighted by Gasteiger charge is 2.47. The Morgan fingerprint density at radius 1 is 1.17 bits per heavy atom. The lowest BCUT2D eigenvalue weighted by Gasteiger charge is -2.25. The van der Waals surface area contributed by atoms with Crippen LogP contribution in [0.25, 0.3) is 0 Å². The number of halogens is 3. The molecule has 0 bridgehead atoms. The third-order valence-electron chi connectivity index (χ3n) is 4.39. The molecule has 0 saturated heterocycles. The molecule has 0 amide bonds. The molecule has 0 unspecified atom stereocenters. The van der Waals surface area contributed by atoms with Crippen molar-refractivity contribution >= 4 is 21.2 Å². The molecule has 2 aromatic rings. The van der Waals surface area contributed by atoms with Gasteiger partial charge in [-0.25, -0.2) is 8.42 Å². The van der Waals surface area contributed by atoms with E-state index in [0.717, 1.165) is 11.6 Å². The molecule has 8 nitrogen and oxygen atoms in total. The van der Waals surface area contributed by atoms with Gasteiger partial charge in [0.2, 0.25) is 0 Å². The molecule has 2 aromatic carbocycles. The van der Waals surface area contributed by atoms with Crippen molar-refractivity contribution in [1.82, 2.24) is 4.90 Å². The van der Waals surface area contributed by atoms with Gasteiger partial charge < -0.3 is 15.0 Å². The van der Waals surface area contributed by atoms with Gasteiger partial charge in [-0.2, -0.15) is 13.2 Å². The van der Waals surface area contributed by atoms with Gasteiger partial charge in [-0.15, -0.1) is 0 Å². The molecule has 0 saturated carbocycles. The van der Waals surface area contributed by atoms with Gasteiger partial charge >= 0.3 is 5.51 Å². The van der Waals surface area contributed by atoms with Crippen LogP contribution >= 0.6 is 0 Å². The second kappa shape index (κ2) is 8.88. The number of nitro groups is 1. The van der Waals surface area contributed by atoms with Crippen molar-refractivity contribution in [1.29, 1.82) is 0 Å². The van der Waals surface area contributed by atoms with E-state index >= 15 is 0 Å². The van der Waals surface area contributed by atoms with Gasteiger partial charge in [-0.3, -0.25) is 10.1 Å². The summed E-state index contributed by atoms with van der Waals surface area (Å²) in [6, 6.07) is 8.96. The molecule has 0 fully saturated rings. The van der Waals surface area contributed by atoms with Crippen LogP contribution in [0.2, 0.25) is 0 Å². The summed E-state index contributed by atoms with van der Waals surface area (Å²) in [5.41, 5.74) is -5.55. The number of nitro benzene ring substituents is 1. The van der Waals surface area contributed by atoms with Crippen LogP contribution in [0.4, 0.5) is 24.5 Å². The van der Waals surface area contributed by atoms with Crippen molar-refractivity contribution in [3.8, 4) is 5.75 Å². The summed E-state index contributed by atoms with van der Waals surface area (Å²) in [6.07, 6.45) is 0. The number of nitrogens with zero attached hydrogens (tertiary/aromatic N) is 2. The number of nitrogens with one attached hydrogen (secondary N) is 1. The van der Waals surface area contributed by atoms with E-state index in [2.05, 4.69) is 5.32 Å². The number of rotatable bonds is 8. The quantitative estimate of drug-likeness (QED) is 0.487. The Kier molecular flexibility index (Phi) is 6.93. The predicted octanol–water partition coefficient (Wildman–Crippen LogP) is 3.61. The van der Waals surface area contributed by atoms with E-state index in [-0.39, 0.29) is 18.3 Å². The number of alkyl halides is 3. The van der Waals surface area contributed by atoms with Crippen molar-refractivity contribution in [3.05, 3.63) is 58.1 Å². The molecule has 12 heteroatoms. The second-order valence-electron chi connectivity index (χ2n) is 6.52. The third kappa shape index (κ3) is 5.00. The molecule has 0 radical (unpaired) electrons. The van der Waals surface area contributed by atoms with E-state index < -0.39 is 30.9 Å². The number of anilines is 1. The van der Waals surface area contributed by atoms with E-state index in [0.29, 0.717) is 17.9 Å². The van der Waals surface area contributed by atoms with Crippen molar-refractivity contribution in [2.75, 3.05) is 33.1 Å². The molecular weight excluding hydrogens is 427 g/mol. The van der Waals surface area contributed by atoms with Crippen LogP contribution < -0.4 is 10.1 Å². The summed E-state index contributed by atoms with van der Waals surface area (Å²) in [5.74, 6) is 0.654. The first-order valence-electron chi connectivity index (χ1n) is 8.52. The molecule has 0 aliphatic rings. The maximum Gasteiger partial charge on any atom is 0.501 e. The SMILES string of the molecule is COc1ccc([C@@H](CNc2ccc(S(=O)(=O)C(F)(F)F)cc2[N+](=O)[O-])N(C)C)cc1. The maximum absolute atomic E-state index is 12.7. The number of benzene rings is 2. The molecule has 0 aliphatic heterocycles. The van der Waals surface area contributed by atoms with Crippen LogP contribution in [-0.4, -0.2) is 51.5 Å². The highest BCUT2D eigenvalue weighted by atomic mass is 32.2. The first-order chi connectivity index (χ1) is 13.9. The largest absolute Gasteiger partial charge is 0.501 e. The number of likely N-dealkylation sites (N-methyl/N-ethyl adjacent to an activating group) is 1. The molecule has 0 aromatic heterocycles. The van der Waals surface area contributed by atoms with Crippen LogP contribution in [0.1, 0.15) is 11.6 Å². The molecule has 0 aliphatic carbocycles. The zero-order valence-corrected chi connectivity index (χ0v) is 17.1. The lowest BCUT2D eigenvalue weighted by atomic mass is 10.1. The number of ether oxygens (including phenoxy) is 1. The van der Waals surface area contributed by atoms with Crippen LogP contribution in [0.5, 0.6) is 5.75 Å². The minimum absolute atomic E-state index is 0.0958. The van der Waals surface area contributed by atoms with E-state index in [1.165, 1.54) is 7.11 Å².